The molecule has 8 heteroatoms. The zero-order valence-corrected chi connectivity index (χ0v) is 9.86. The van der Waals surface area contributed by atoms with E-state index in [-0.39, 0.29) is 11.4 Å². The highest BCUT2D eigenvalue weighted by molar-refractivity contribution is 5.53. The van der Waals surface area contributed by atoms with Gasteiger partial charge in [0.25, 0.3) is 0 Å². The largest absolute Gasteiger partial charge is 0.443 e. The van der Waals surface area contributed by atoms with Crippen molar-refractivity contribution in [3.05, 3.63) is 68.5 Å². The third-order valence-corrected chi connectivity index (χ3v) is 2.40. The minimum Gasteiger partial charge on any atom is -0.443 e. The maximum absolute atomic E-state index is 13.1. The molecule has 0 aliphatic heterocycles. The Morgan fingerprint density at radius 1 is 0.900 bits per heavy atom. The maximum Gasteiger partial charge on any atom is 0.311 e. The molecule has 0 spiro atoms. The number of ether oxygens (including phenoxy) is 1. The molecule has 20 heavy (non-hydrogen) atoms. The van der Waals surface area contributed by atoms with Crippen LogP contribution in [0.4, 0.5) is 15.8 Å². The van der Waals surface area contributed by atoms with Crippen LogP contribution >= 0.6 is 0 Å². The quantitative estimate of drug-likeness (QED) is 0.630. The molecule has 0 N–H and O–H groups in total. The lowest BCUT2D eigenvalue weighted by atomic mass is 10.2. The predicted octanol–water partition coefficient (Wildman–Crippen LogP) is 3.43. The van der Waals surface area contributed by atoms with Gasteiger partial charge in [-0.1, -0.05) is 12.1 Å². The normalized spacial score (nSPS) is 10.1. The number of rotatable bonds is 4. The van der Waals surface area contributed by atoms with Gasteiger partial charge in [-0.2, -0.15) is 0 Å². The van der Waals surface area contributed by atoms with Gasteiger partial charge in [-0.3, -0.25) is 20.2 Å². The zero-order valence-electron chi connectivity index (χ0n) is 9.86. The number of hydrogen-bond donors (Lipinski definition) is 0. The standard InChI is InChI=1S/C12H7FN2O5/c13-8-5-6-10(15(18)19)12(7-8)20-11-4-2-1-3-9(11)14(16)17/h1-7H. The van der Waals surface area contributed by atoms with E-state index >= 15 is 0 Å². The van der Waals surface area contributed by atoms with Crippen LogP contribution in [-0.4, -0.2) is 9.85 Å². The second-order valence-corrected chi connectivity index (χ2v) is 3.70. The molecule has 2 rings (SSSR count). The molecular weight excluding hydrogens is 271 g/mol. The number of benzene rings is 2. The molecule has 0 fully saturated rings. The average Bonchev–Trinajstić information content (AvgIpc) is 2.38. The summed E-state index contributed by atoms with van der Waals surface area (Å²) in [5.41, 5.74) is -0.851. The number of para-hydroxylation sites is 2. The van der Waals surface area contributed by atoms with Gasteiger partial charge in [0, 0.05) is 18.2 Å². The van der Waals surface area contributed by atoms with Crippen LogP contribution in [0.5, 0.6) is 11.5 Å². The van der Waals surface area contributed by atoms with Gasteiger partial charge in [0.1, 0.15) is 5.82 Å². The first kappa shape index (κ1) is 13.4. The van der Waals surface area contributed by atoms with E-state index in [0.717, 1.165) is 18.2 Å². The van der Waals surface area contributed by atoms with Crippen molar-refractivity contribution in [1.29, 1.82) is 0 Å². The van der Waals surface area contributed by atoms with Crippen molar-refractivity contribution in [3.8, 4) is 11.5 Å². The van der Waals surface area contributed by atoms with Crippen LogP contribution in [-0.2, 0) is 0 Å². The monoisotopic (exact) mass is 278 g/mol. The molecule has 2 aromatic rings. The molecule has 2 aromatic carbocycles. The fraction of sp³-hybridized carbons (Fsp3) is 0. The molecule has 0 atom stereocenters. The fourth-order valence-electron chi connectivity index (χ4n) is 1.53. The van der Waals surface area contributed by atoms with Gasteiger partial charge >= 0.3 is 11.4 Å². The second-order valence-electron chi connectivity index (χ2n) is 3.70. The Morgan fingerprint density at radius 3 is 2.15 bits per heavy atom. The van der Waals surface area contributed by atoms with Crippen molar-refractivity contribution in [2.75, 3.05) is 0 Å². The van der Waals surface area contributed by atoms with Crippen LogP contribution in [0.15, 0.2) is 42.5 Å². The summed E-state index contributed by atoms with van der Waals surface area (Å²) >= 11 is 0. The summed E-state index contributed by atoms with van der Waals surface area (Å²) in [6, 6.07) is 7.98. The summed E-state index contributed by atoms with van der Waals surface area (Å²) in [6.45, 7) is 0. The Hall–Kier alpha value is -3.03. The molecule has 0 unspecified atom stereocenters. The van der Waals surface area contributed by atoms with E-state index < -0.39 is 27.1 Å². The Kier molecular flexibility index (Phi) is 3.56. The Balaban J connectivity index is 2.47. The molecule has 0 radical (unpaired) electrons. The first-order valence-corrected chi connectivity index (χ1v) is 5.34. The Morgan fingerprint density at radius 2 is 1.50 bits per heavy atom. The molecule has 102 valence electrons. The Bertz CT molecular complexity index is 689. The highest BCUT2D eigenvalue weighted by atomic mass is 19.1. The van der Waals surface area contributed by atoms with Crippen molar-refractivity contribution in [1.82, 2.24) is 0 Å². The summed E-state index contributed by atoms with van der Waals surface area (Å²) in [5, 5.41) is 21.6. The number of halogens is 1. The van der Waals surface area contributed by atoms with E-state index in [1.807, 2.05) is 0 Å². The fourth-order valence-corrected chi connectivity index (χ4v) is 1.53. The predicted molar refractivity (Wildman–Crippen MR) is 66.2 cm³/mol. The minimum absolute atomic E-state index is 0.203. The molecule has 0 aliphatic rings. The average molecular weight is 278 g/mol. The summed E-state index contributed by atoms with van der Waals surface area (Å²) < 4.78 is 18.3. The number of nitro groups is 2. The maximum atomic E-state index is 13.1. The molecule has 0 heterocycles. The molecule has 0 saturated carbocycles. The first-order chi connectivity index (χ1) is 9.49. The van der Waals surface area contributed by atoms with E-state index in [0.29, 0.717) is 0 Å². The van der Waals surface area contributed by atoms with Gasteiger partial charge in [-0.25, -0.2) is 4.39 Å². The van der Waals surface area contributed by atoms with Crippen molar-refractivity contribution in [3.63, 3.8) is 0 Å². The van der Waals surface area contributed by atoms with Crippen LogP contribution in [0.1, 0.15) is 0 Å². The van der Waals surface area contributed by atoms with Crippen molar-refractivity contribution in [2.24, 2.45) is 0 Å². The molecule has 7 nitrogen and oxygen atoms in total. The van der Waals surface area contributed by atoms with Gasteiger partial charge in [0.15, 0.2) is 0 Å². The smallest absolute Gasteiger partial charge is 0.311 e. The molecule has 0 aliphatic carbocycles. The van der Waals surface area contributed by atoms with Crippen LogP contribution in [0.25, 0.3) is 0 Å². The Labute approximate surface area is 111 Å². The van der Waals surface area contributed by atoms with Crippen molar-refractivity contribution < 1.29 is 19.0 Å². The van der Waals surface area contributed by atoms with E-state index in [1.165, 1.54) is 24.3 Å². The van der Waals surface area contributed by atoms with Gasteiger partial charge in [0.05, 0.1) is 9.85 Å². The number of nitro benzene ring substituents is 2. The summed E-state index contributed by atoms with van der Waals surface area (Å²) in [4.78, 5) is 20.2. The second kappa shape index (κ2) is 5.31. The van der Waals surface area contributed by atoms with Crippen LogP contribution < -0.4 is 4.74 Å². The van der Waals surface area contributed by atoms with E-state index in [9.17, 15) is 24.6 Å². The van der Waals surface area contributed by atoms with Gasteiger partial charge < -0.3 is 4.74 Å². The summed E-state index contributed by atoms with van der Waals surface area (Å²) in [5.74, 6) is -1.35. The minimum atomic E-state index is -0.760. The lowest BCUT2D eigenvalue weighted by molar-refractivity contribution is -0.387. The van der Waals surface area contributed by atoms with E-state index in [4.69, 9.17) is 4.74 Å². The number of hydrogen-bond acceptors (Lipinski definition) is 5. The van der Waals surface area contributed by atoms with E-state index in [1.54, 1.807) is 0 Å². The van der Waals surface area contributed by atoms with Gasteiger partial charge in [-0.15, -0.1) is 0 Å². The topological polar surface area (TPSA) is 95.5 Å². The van der Waals surface area contributed by atoms with Gasteiger partial charge in [0.2, 0.25) is 11.5 Å². The SMILES string of the molecule is O=[N+]([O-])c1ccccc1Oc1cc(F)ccc1[N+](=O)[O-]. The van der Waals surface area contributed by atoms with Crippen LogP contribution in [0.3, 0.4) is 0 Å². The highest BCUT2D eigenvalue weighted by Crippen LogP contribution is 2.36. The lowest BCUT2D eigenvalue weighted by Crippen LogP contribution is -1.97. The zero-order chi connectivity index (χ0) is 14.7. The summed E-state index contributed by atoms with van der Waals surface area (Å²) in [6.07, 6.45) is 0. The first-order valence-electron chi connectivity index (χ1n) is 5.34. The molecule has 0 amide bonds. The van der Waals surface area contributed by atoms with E-state index in [2.05, 4.69) is 0 Å². The number of nitrogens with zero attached hydrogens (tertiary/aromatic N) is 2. The third-order valence-electron chi connectivity index (χ3n) is 2.40. The van der Waals surface area contributed by atoms with Crippen molar-refractivity contribution >= 4 is 11.4 Å². The molecular formula is C12H7FN2O5. The van der Waals surface area contributed by atoms with Crippen LogP contribution in [0.2, 0.25) is 0 Å². The highest BCUT2D eigenvalue weighted by Gasteiger charge is 2.21. The van der Waals surface area contributed by atoms with Crippen molar-refractivity contribution in [2.45, 2.75) is 0 Å². The molecule has 0 bridgehead atoms. The summed E-state index contributed by atoms with van der Waals surface area (Å²) in [7, 11) is 0. The third kappa shape index (κ3) is 2.69. The van der Waals surface area contributed by atoms with Gasteiger partial charge in [-0.05, 0) is 12.1 Å². The lowest BCUT2D eigenvalue weighted by Gasteiger charge is -2.06. The molecule has 0 aromatic heterocycles. The van der Waals surface area contributed by atoms with Crippen LogP contribution in [0, 0.1) is 26.0 Å². The molecule has 0 saturated heterocycles.